The molecule has 0 aliphatic rings. The van der Waals surface area contributed by atoms with Crippen LogP contribution in [0.4, 0.5) is 18.9 Å². The number of hydrogen-bond acceptors (Lipinski definition) is 4. The first-order chi connectivity index (χ1) is 12.3. The summed E-state index contributed by atoms with van der Waals surface area (Å²) in [4.78, 5) is 24.5. The number of ketones is 1. The second-order valence-electron chi connectivity index (χ2n) is 5.19. The predicted octanol–water partition coefficient (Wildman–Crippen LogP) is 3.54. The van der Waals surface area contributed by atoms with E-state index in [1.54, 1.807) is 0 Å². The van der Waals surface area contributed by atoms with Crippen LogP contribution >= 0.6 is 0 Å². The van der Waals surface area contributed by atoms with Crippen molar-refractivity contribution < 1.29 is 22.8 Å². The van der Waals surface area contributed by atoms with E-state index in [1.807, 2.05) is 6.07 Å². The van der Waals surface area contributed by atoms with Gasteiger partial charge >= 0.3 is 6.18 Å². The van der Waals surface area contributed by atoms with Gasteiger partial charge in [-0.15, -0.1) is 0 Å². The van der Waals surface area contributed by atoms with Crippen LogP contribution in [0.5, 0.6) is 0 Å². The summed E-state index contributed by atoms with van der Waals surface area (Å²) in [5.41, 5.74) is -1.01. The lowest BCUT2D eigenvalue weighted by molar-refractivity contribution is -0.137. The van der Waals surface area contributed by atoms with E-state index in [0.29, 0.717) is 6.07 Å². The molecule has 0 radical (unpaired) electrons. The second kappa shape index (κ2) is 7.49. The molecular weight excluding hydrogens is 347 g/mol. The van der Waals surface area contributed by atoms with E-state index in [9.17, 15) is 22.8 Å². The van der Waals surface area contributed by atoms with Crippen LogP contribution in [0.1, 0.15) is 21.5 Å². The molecule has 0 unspecified atom stereocenters. The highest BCUT2D eigenvalue weighted by atomic mass is 19.4. The van der Waals surface area contributed by atoms with Crippen LogP contribution < -0.4 is 5.32 Å². The van der Waals surface area contributed by atoms with Crippen molar-refractivity contribution in [2.45, 2.75) is 6.18 Å². The minimum Gasteiger partial charge on any atom is -0.325 e. The second-order valence-corrected chi connectivity index (χ2v) is 5.19. The fourth-order valence-electron chi connectivity index (χ4n) is 2.13. The highest BCUT2D eigenvalue weighted by Gasteiger charge is 2.31. The Morgan fingerprint density at radius 1 is 1.04 bits per heavy atom. The minimum absolute atomic E-state index is 0.0187. The van der Waals surface area contributed by atoms with Gasteiger partial charge in [-0.1, -0.05) is 18.2 Å². The number of nitrogens with one attached hydrogen (secondary N) is 1. The van der Waals surface area contributed by atoms with E-state index in [0.717, 1.165) is 12.1 Å². The first-order valence-corrected chi connectivity index (χ1v) is 7.18. The van der Waals surface area contributed by atoms with Crippen LogP contribution in [0.3, 0.4) is 0 Å². The van der Waals surface area contributed by atoms with Gasteiger partial charge in [-0.25, -0.2) is 0 Å². The van der Waals surface area contributed by atoms with Crippen molar-refractivity contribution in [3.63, 3.8) is 0 Å². The summed E-state index contributed by atoms with van der Waals surface area (Å²) < 4.78 is 38.1. The van der Waals surface area contributed by atoms with Gasteiger partial charge in [0, 0.05) is 11.3 Å². The van der Waals surface area contributed by atoms with Crippen LogP contribution in [0.2, 0.25) is 0 Å². The Hall–Kier alpha value is -3.65. The van der Waals surface area contributed by atoms with Gasteiger partial charge in [0.05, 0.1) is 23.3 Å². The topological polar surface area (TPSA) is 93.8 Å². The molecule has 1 amide bonds. The summed E-state index contributed by atoms with van der Waals surface area (Å²) in [7, 11) is 0. The third kappa shape index (κ3) is 4.25. The van der Waals surface area contributed by atoms with Crippen molar-refractivity contribution in [2.75, 3.05) is 5.32 Å². The number of nitriles is 2. The van der Waals surface area contributed by atoms with Crippen LogP contribution in [-0.4, -0.2) is 11.7 Å². The highest BCUT2D eigenvalue weighted by Crippen LogP contribution is 2.30. The molecule has 1 atom stereocenters. The molecule has 0 saturated heterocycles. The first kappa shape index (κ1) is 18.7. The van der Waals surface area contributed by atoms with Gasteiger partial charge in [0.2, 0.25) is 5.91 Å². The summed E-state index contributed by atoms with van der Waals surface area (Å²) >= 11 is 0. The van der Waals surface area contributed by atoms with Crippen molar-refractivity contribution in [1.29, 1.82) is 10.5 Å². The average Bonchev–Trinajstić information content (AvgIpc) is 2.61. The Morgan fingerprint density at radius 3 is 2.35 bits per heavy atom. The monoisotopic (exact) mass is 357 g/mol. The molecule has 8 heteroatoms. The number of Topliss-reactive ketones (excluding diaryl/α,β-unsaturated/α-hetero) is 1. The van der Waals surface area contributed by atoms with Crippen molar-refractivity contribution >= 4 is 17.4 Å². The fourth-order valence-corrected chi connectivity index (χ4v) is 2.13. The number of carbonyl (C=O) groups excluding carboxylic acids is 2. The number of nitrogens with zero attached hydrogens (tertiary/aromatic N) is 2. The average molecular weight is 357 g/mol. The van der Waals surface area contributed by atoms with Crippen molar-refractivity contribution in [1.82, 2.24) is 0 Å². The maximum atomic E-state index is 12.7. The Morgan fingerprint density at radius 2 is 1.73 bits per heavy atom. The lowest BCUT2D eigenvalue weighted by atomic mass is 9.96. The SMILES string of the molecule is N#Cc1cccc(C(=O)[C@@H](C#N)C(=O)Nc2cccc(C(F)(F)F)c2)c1. The van der Waals surface area contributed by atoms with Gasteiger partial charge in [0.15, 0.2) is 11.7 Å². The Balaban J connectivity index is 2.23. The number of carbonyl (C=O) groups is 2. The van der Waals surface area contributed by atoms with Crippen molar-refractivity contribution in [2.24, 2.45) is 5.92 Å². The molecule has 5 nitrogen and oxygen atoms in total. The van der Waals surface area contributed by atoms with E-state index >= 15 is 0 Å². The molecular formula is C18H10F3N3O2. The molecule has 0 fully saturated rings. The van der Waals surface area contributed by atoms with Gasteiger partial charge in [-0.2, -0.15) is 23.7 Å². The van der Waals surface area contributed by atoms with E-state index in [1.165, 1.54) is 36.4 Å². The number of halogens is 3. The third-order valence-electron chi connectivity index (χ3n) is 3.39. The maximum Gasteiger partial charge on any atom is 0.416 e. The number of hydrogen-bond donors (Lipinski definition) is 1. The molecule has 0 aromatic heterocycles. The maximum absolute atomic E-state index is 12.7. The summed E-state index contributed by atoms with van der Waals surface area (Å²) in [5, 5.41) is 20.1. The summed E-state index contributed by atoms with van der Waals surface area (Å²) in [6.07, 6.45) is -4.59. The molecule has 26 heavy (non-hydrogen) atoms. The first-order valence-electron chi connectivity index (χ1n) is 7.18. The zero-order valence-electron chi connectivity index (χ0n) is 13.0. The van der Waals surface area contributed by atoms with Crippen molar-refractivity contribution in [3.05, 3.63) is 65.2 Å². The Labute approximate surface area is 146 Å². The zero-order valence-corrected chi connectivity index (χ0v) is 13.0. The Bertz CT molecular complexity index is 940. The third-order valence-corrected chi connectivity index (χ3v) is 3.39. The molecule has 2 aromatic rings. The molecule has 2 rings (SSSR count). The quantitative estimate of drug-likeness (QED) is 0.669. The molecule has 0 aliphatic carbocycles. The number of alkyl halides is 3. The van der Waals surface area contributed by atoms with Crippen LogP contribution in [0.15, 0.2) is 48.5 Å². The summed E-state index contributed by atoms with van der Waals surface area (Å²) in [6.45, 7) is 0. The number of rotatable bonds is 4. The molecule has 130 valence electrons. The molecule has 2 aromatic carbocycles. The molecule has 1 N–H and O–H groups in total. The fraction of sp³-hybridized carbons (Fsp3) is 0.111. The molecule has 0 aliphatic heterocycles. The van der Waals surface area contributed by atoms with Gasteiger partial charge in [-0.3, -0.25) is 9.59 Å². The van der Waals surface area contributed by atoms with E-state index < -0.39 is 29.3 Å². The minimum atomic E-state index is -4.59. The van der Waals surface area contributed by atoms with Crippen LogP contribution in [0.25, 0.3) is 0 Å². The van der Waals surface area contributed by atoms with Crippen molar-refractivity contribution in [3.8, 4) is 12.1 Å². The zero-order chi connectivity index (χ0) is 19.3. The van der Waals surface area contributed by atoms with E-state index in [4.69, 9.17) is 10.5 Å². The standard InChI is InChI=1S/C18H10F3N3O2/c19-18(20,21)13-5-2-6-14(8-13)24-17(26)15(10-23)16(25)12-4-1-3-11(7-12)9-22/h1-8,15H,(H,24,26)/t15-/m1/s1. The van der Waals surface area contributed by atoms with E-state index in [2.05, 4.69) is 5.32 Å². The van der Waals surface area contributed by atoms with Gasteiger partial charge in [0.25, 0.3) is 0 Å². The summed E-state index contributed by atoms with van der Waals surface area (Å²) in [5.74, 6) is -3.67. The lowest BCUT2D eigenvalue weighted by Crippen LogP contribution is -2.28. The van der Waals surface area contributed by atoms with Gasteiger partial charge in [0.1, 0.15) is 0 Å². The Kier molecular flexibility index (Phi) is 5.39. The lowest BCUT2D eigenvalue weighted by Gasteiger charge is -2.12. The number of benzene rings is 2. The highest BCUT2D eigenvalue weighted by molar-refractivity contribution is 6.15. The molecule has 0 spiro atoms. The molecule has 0 heterocycles. The molecule has 0 saturated carbocycles. The van der Waals surface area contributed by atoms with Crippen LogP contribution in [0, 0.1) is 28.6 Å². The smallest absolute Gasteiger partial charge is 0.325 e. The predicted molar refractivity (Wildman–Crippen MR) is 84.7 cm³/mol. The van der Waals surface area contributed by atoms with E-state index in [-0.39, 0.29) is 16.8 Å². The summed E-state index contributed by atoms with van der Waals surface area (Å²) in [6, 6.07) is 12.6. The normalized spacial score (nSPS) is 11.7. The van der Waals surface area contributed by atoms with Gasteiger partial charge < -0.3 is 5.32 Å². The largest absolute Gasteiger partial charge is 0.416 e. The number of amides is 1. The molecule has 0 bridgehead atoms. The van der Waals surface area contributed by atoms with Gasteiger partial charge in [-0.05, 0) is 30.3 Å². The number of anilines is 1. The van der Waals surface area contributed by atoms with Crippen LogP contribution in [-0.2, 0) is 11.0 Å².